The van der Waals surface area contributed by atoms with Gasteiger partial charge in [-0.2, -0.15) is 0 Å². The van der Waals surface area contributed by atoms with E-state index in [1.807, 2.05) is 6.92 Å². The molecule has 0 spiro atoms. The van der Waals surface area contributed by atoms with Gasteiger partial charge in [0.1, 0.15) is 0 Å². The fourth-order valence-corrected chi connectivity index (χ4v) is 2.34. The Morgan fingerprint density at radius 1 is 1.71 bits per heavy atom. The molecule has 0 radical (unpaired) electrons. The van der Waals surface area contributed by atoms with Crippen molar-refractivity contribution in [2.45, 2.75) is 25.9 Å². The zero-order valence-corrected chi connectivity index (χ0v) is 9.40. The Kier molecular flexibility index (Phi) is 4.15. The first-order valence-electron chi connectivity index (χ1n) is 4.65. The van der Waals surface area contributed by atoms with Gasteiger partial charge in [-0.3, -0.25) is 5.32 Å². The Morgan fingerprint density at radius 3 is 2.86 bits per heavy atom. The molecule has 0 aliphatic heterocycles. The SMILES string of the molecule is C#CC(C)NC(CN)c1sccc1C. The van der Waals surface area contributed by atoms with Crippen molar-refractivity contribution in [2.75, 3.05) is 6.54 Å². The molecule has 1 rings (SSSR count). The maximum absolute atomic E-state index is 5.71. The van der Waals surface area contributed by atoms with E-state index in [0.29, 0.717) is 6.54 Å². The maximum Gasteiger partial charge on any atom is 0.0663 e. The minimum Gasteiger partial charge on any atom is -0.329 e. The van der Waals surface area contributed by atoms with Gasteiger partial charge in [0.25, 0.3) is 0 Å². The predicted octanol–water partition coefficient (Wildman–Crippen LogP) is 1.67. The van der Waals surface area contributed by atoms with Crippen LogP contribution in [-0.4, -0.2) is 12.6 Å². The second-order valence-electron chi connectivity index (χ2n) is 3.31. The highest BCUT2D eigenvalue weighted by atomic mass is 32.1. The van der Waals surface area contributed by atoms with Crippen molar-refractivity contribution in [3.63, 3.8) is 0 Å². The van der Waals surface area contributed by atoms with Crippen LogP contribution in [-0.2, 0) is 0 Å². The third kappa shape index (κ3) is 2.58. The molecule has 0 bridgehead atoms. The maximum atomic E-state index is 5.71. The molecule has 0 aliphatic carbocycles. The lowest BCUT2D eigenvalue weighted by Crippen LogP contribution is -2.33. The van der Waals surface area contributed by atoms with E-state index in [4.69, 9.17) is 12.2 Å². The summed E-state index contributed by atoms with van der Waals surface area (Å²) in [4.78, 5) is 1.29. The van der Waals surface area contributed by atoms with Gasteiger partial charge in [-0.15, -0.1) is 17.8 Å². The number of terminal acetylenes is 1. The smallest absolute Gasteiger partial charge is 0.0663 e. The van der Waals surface area contributed by atoms with Crippen LogP contribution >= 0.6 is 11.3 Å². The lowest BCUT2D eigenvalue weighted by Gasteiger charge is -2.18. The quantitative estimate of drug-likeness (QED) is 0.739. The summed E-state index contributed by atoms with van der Waals surface area (Å²) in [7, 11) is 0. The fraction of sp³-hybridized carbons (Fsp3) is 0.455. The zero-order chi connectivity index (χ0) is 10.6. The average Bonchev–Trinajstić information content (AvgIpc) is 2.60. The summed E-state index contributed by atoms with van der Waals surface area (Å²) in [6, 6.07) is 2.34. The molecule has 3 N–H and O–H groups in total. The number of hydrogen-bond donors (Lipinski definition) is 2. The van der Waals surface area contributed by atoms with Crippen LogP contribution in [0.3, 0.4) is 0 Å². The summed E-state index contributed by atoms with van der Waals surface area (Å²) in [6.07, 6.45) is 5.32. The number of nitrogens with two attached hydrogens (primary N) is 1. The Labute approximate surface area is 89.5 Å². The van der Waals surface area contributed by atoms with Crippen molar-refractivity contribution < 1.29 is 0 Å². The fourth-order valence-electron chi connectivity index (χ4n) is 1.34. The summed E-state index contributed by atoms with van der Waals surface area (Å²) in [5, 5.41) is 5.39. The first-order chi connectivity index (χ1) is 6.69. The van der Waals surface area contributed by atoms with Crippen LogP contribution in [0.4, 0.5) is 0 Å². The van der Waals surface area contributed by atoms with E-state index in [1.165, 1.54) is 10.4 Å². The van der Waals surface area contributed by atoms with Gasteiger partial charge in [0.15, 0.2) is 0 Å². The average molecular weight is 208 g/mol. The summed E-state index contributed by atoms with van der Waals surface area (Å²) in [5.41, 5.74) is 6.99. The second kappa shape index (κ2) is 5.16. The van der Waals surface area contributed by atoms with Gasteiger partial charge in [0, 0.05) is 11.4 Å². The second-order valence-corrected chi connectivity index (χ2v) is 4.26. The van der Waals surface area contributed by atoms with E-state index in [2.05, 4.69) is 29.6 Å². The normalized spacial score (nSPS) is 14.7. The molecule has 3 heteroatoms. The topological polar surface area (TPSA) is 38.0 Å². The van der Waals surface area contributed by atoms with E-state index < -0.39 is 0 Å². The van der Waals surface area contributed by atoms with Crippen LogP contribution in [0, 0.1) is 19.3 Å². The molecule has 0 saturated heterocycles. The molecule has 1 heterocycles. The summed E-state index contributed by atoms with van der Waals surface area (Å²) in [5.74, 6) is 2.65. The van der Waals surface area contributed by atoms with Crippen molar-refractivity contribution in [2.24, 2.45) is 5.73 Å². The zero-order valence-electron chi connectivity index (χ0n) is 8.58. The molecule has 2 atom stereocenters. The van der Waals surface area contributed by atoms with E-state index in [9.17, 15) is 0 Å². The molecular weight excluding hydrogens is 192 g/mol. The lowest BCUT2D eigenvalue weighted by atomic mass is 10.1. The molecule has 14 heavy (non-hydrogen) atoms. The Balaban J connectivity index is 2.74. The number of aryl methyl sites for hydroxylation is 1. The lowest BCUT2D eigenvalue weighted by molar-refractivity contribution is 0.523. The minimum atomic E-state index is 0.0602. The summed E-state index contributed by atoms with van der Waals surface area (Å²) in [6.45, 7) is 4.63. The van der Waals surface area contributed by atoms with Crippen LogP contribution < -0.4 is 11.1 Å². The molecule has 2 unspecified atom stereocenters. The highest BCUT2D eigenvalue weighted by Crippen LogP contribution is 2.23. The van der Waals surface area contributed by atoms with Crippen molar-refractivity contribution in [1.82, 2.24) is 5.32 Å². The van der Waals surface area contributed by atoms with Gasteiger partial charge in [-0.1, -0.05) is 5.92 Å². The molecule has 0 aromatic carbocycles. The van der Waals surface area contributed by atoms with Crippen molar-refractivity contribution >= 4 is 11.3 Å². The Morgan fingerprint density at radius 2 is 2.43 bits per heavy atom. The number of nitrogens with one attached hydrogen (secondary N) is 1. The standard InChI is InChI=1S/C11H16N2S/c1-4-9(3)13-10(7-12)11-8(2)5-6-14-11/h1,5-6,9-10,13H,7,12H2,2-3H3. The number of rotatable bonds is 4. The van der Waals surface area contributed by atoms with E-state index in [0.717, 1.165) is 0 Å². The molecular formula is C11H16N2S. The highest BCUT2D eigenvalue weighted by molar-refractivity contribution is 7.10. The molecule has 1 aromatic heterocycles. The first-order valence-corrected chi connectivity index (χ1v) is 5.53. The van der Waals surface area contributed by atoms with Crippen molar-refractivity contribution in [1.29, 1.82) is 0 Å². The van der Waals surface area contributed by atoms with Gasteiger partial charge in [-0.05, 0) is 30.9 Å². The molecule has 1 aromatic rings. The molecule has 76 valence electrons. The van der Waals surface area contributed by atoms with Gasteiger partial charge in [0.2, 0.25) is 0 Å². The molecule has 2 nitrogen and oxygen atoms in total. The third-order valence-corrected chi connectivity index (χ3v) is 3.29. The minimum absolute atomic E-state index is 0.0602. The third-order valence-electron chi connectivity index (χ3n) is 2.16. The highest BCUT2D eigenvalue weighted by Gasteiger charge is 2.14. The number of thiophene rings is 1. The van der Waals surface area contributed by atoms with Crippen LogP contribution in [0.25, 0.3) is 0 Å². The van der Waals surface area contributed by atoms with Crippen molar-refractivity contribution in [3.05, 3.63) is 21.9 Å². The van der Waals surface area contributed by atoms with Crippen LogP contribution in [0.15, 0.2) is 11.4 Å². The molecule has 0 amide bonds. The van der Waals surface area contributed by atoms with Gasteiger partial charge in [-0.25, -0.2) is 0 Å². The van der Waals surface area contributed by atoms with E-state index in [1.54, 1.807) is 11.3 Å². The first kappa shape index (κ1) is 11.3. The summed E-state index contributed by atoms with van der Waals surface area (Å²) >= 11 is 1.72. The van der Waals surface area contributed by atoms with Crippen LogP contribution in [0.1, 0.15) is 23.4 Å². The van der Waals surface area contributed by atoms with Crippen LogP contribution in [0.5, 0.6) is 0 Å². The Bertz CT molecular complexity index is 324. The number of hydrogen-bond acceptors (Lipinski definition) is 3. The van der Waals surface area contributed by atoms with Gasteiger partial charge >= 0.3 is 0 Å². The van der Waals surface area contributed by atoms with Crippen molar-refractivity contribution in [3.8, 4) is 12.3 Å². The van der Waals surface area contributed by atoms with E-state index >= 15 is 0 Å². The van der Waals surface area contributed by atoms with E-state index in [-0.39, 0.29) is 12.1 Å². The monoisotopic (exact) mass is 208 g/mol. The summed E-state index contributed by atoms with van der Waals surface area (Å²) < 4.78 is 0. The largest absolute Gasteiger partial charge is 0.329 e. The molecule has 0 saturated carbocycles. The Hall–Kier alpha value is -0.820. The van der Waals surface area contributed by atoms with Gasteiger partial charge < -0.3 is 5.73 Å². The van der Waals surface area contributed by atoms with Gasteiger partial charge in [0.05, 0.1) is 12.1 Å². The van der Waals surface area contributed by atoms with Crippen LogP contribution in [0.2, 0.25) is 0 Å². The molecule has 0 aliphatic rings. The predicted molar refractivity (Wildman–Crippen MR) is 62.3 cm³/mol. The molecule has 0 fully saturated rings.